The zero-order valence-electron chi connectivity index (χ0n) is 24.8. The molecule has 0 spiro atoms. The van der Waals surface area contributed by atoms with E-state index in [2.05, 4.69) is 41.3 Å². The van der Waals surface area contributed by atoms with Gasteiger partial charge in [0.05, 0.1) is 12.2 Å². The summed E-state index contributed by atoms with van der Waals surface area (Å²) in [5.74, 6) is -0.740. The Balaban J connectivity index is 0.00000287. The fourth-order valence-corrected chi connectivity index (χ4v) is 4.63. The summed E-state index contributed by atoms with van der Waals surface area (Å²) in [5, 5.41) is 18.1. The van der Waals surface area contributed by atoms with Crippen LogP contribution < -0.4 is 4.74 Å². The number of nitrogens with zero attached hydrogens (tertiary/aromatic N) is 1. The van der Waals surface area contributed by atoms with Crippen molar-refractivity contribution in [1.29, 1.82) is 0 Å². The zero-order chi connectivity index (χ0) is 29.7. The average molecular weight is 562 g/mol. The molecule has 0 saturated carbocycles. The minimum atomic E-state index is -0.926. The van der Waals surface area contributed by atoms with Crippen LogP contribution in [0.4, 0.5) is 0 Å². The molecule has 0 fully saturated rings. The van der Waals surface area contributed by atoms with E-state index in [0.717, 1.165) is 69.3 Å². The van der Waals surface area contributed by atoms with Crippen molar-refractivity contribution in [2.75, 3.05) is 19.7 Å². The van der Waals surface area contributed by atoms with Gasteiger partial charge in [0.25, 0.3) is 0 Å². The van der Waals surface area contributed by atoms with Crippen molar-refractivity contribution in [3.8, 4) is 5.75 Å². The van der Waals surface area contributed by atoms with Gasteiger partial charge in [0.15, 0.2) is 0 Å². The topological polar surface area (TPSA) is 87.1 Å². The van der Waals surface area contributed by atoms with Crippen molar-refractivity contribution in [2.45, 2.75) is 78.2 Å². The Morgan fingerprint density at radius 2 is 1.37 bits per heavy atom. The highest BCUT2D eigenvalue weighted by atomic mass is 16.5. The third kappa shape index (κ3) is 14.0. The van der Waals surface area contributed by atoms with Crippen molar-refractivity contribution in [2.24, 2.45) is 0 Å². The molecule has 0 saturated heterocycles. The van der Waals surface area contributed by atoms with Crippen LogP contribution in [0.15, 0.2) is 78.9 Å². The molecule has 3 rings (SSSR count). The van der Waals surface area contributed by atoms with Crippen LogP contribution in [0.1, 0.15) is 85.8 Å². The summed E-state index contributed by atoms with van der Waals surface area (Å²) < 4.78 is 6.18. The molecule has 0 heterocycles. The summed E-state index contributed by atoms with van der Waals surface area (Å²) in [4.78, 5) is 24.4. The molecule has 6 nitrogen and oxygen atoms in total. The molecule has 0 aliphatic heterocycles. The Labute approximate surface area is 246 Å². The van der Waals surface area contributed by atoms with Crippen molar-refractivity contribution >= 4 is 11.9 Å². The first-order chi connectivity index (χ1) is 20.0. The highest BCUT2D eigenvalue weighted by Gasteiger charge is 2.11. The predicted molar refractivity (Wildman–Crippen MR) is 166 cm³/mol. The van der Waals surface area contributed by atoms with Crippen LogP contribution >= 0.6 is 0 Å². The minimum Gasteiger partial charge on any atom is -0.493 e. The van der Waals surface area contributed by atoms with Gasteiger partial charge < -0.3 is 14.9 Å². The zero-order valence-corrected chi connectivity index (χ0v) is 24.8. The Morgan fingerprint density at radius 3 is 2.07 bits per heavy atom. The van der Waals surface area contributed by atoms with Crippen LogP contribution in [0.5, 0.6) is 5.75 Å². The SMILES string of the molecule is CC.O=C(O)CCCCCN(CCc1ccccc1OCCCCCc1ccccc1)Cc1ccc(C(=O)O)cc1. The lowest BCUT2D eigenvalue weighted by Crippen LogP contribution is -2.27. The molecule has 6 heteroatoms. The molecule has 0 aromatic heterocycles. The van der Waals surface area contributed by atoms with Crippen molar-refractivity contribution in [3.05, 3.63) is 101 Å². The molecule has 222 valence electrons. The normalized spacial score (nSPS) is 10.6. The summed E-state index contributed by atoms with van der Waals surface area (Å²) in [7, 11) is 0. The number of hydrogen-bond acceptors (Lipinski definition) is 4. The summed E-state index contributed by atoms with van der Waals surface area (Å²) in [5.41, 5.74) is 3.91. The van der Waals surface area contributed by atoms with Crippen molar-refractivity contribution in [3.63, 3.8) is 0 Å². The molecule has 0 aliphatic rings. The van der Waals surface area contributed by atoms with Crippen LogP contribution in [0.25, 0.3) is 0 Å². The molecule has 0 bridgehead atoms. The smallest absolute Gasteiger partial charge is 0.335 e. The van der Waals surface area contributed by atoms with Gasteiger partial charge in [0.2, 0.25) is 0 Å². The molecule has 0 amide bonds. The standard InChI is InChI=1S/C33H41NO5.C2H6/c35-32(36)17-7-2-10-23-34(26-28-18-20-30(21-19-28)33(37)38)24-22-29-15-8-9-16-31(29)39-25-11-3-6-14-27-12-4-1-5-13-27;1-2/h1,4-5,8-9,12-13,15-16,18-21H,2-3,6-7,10-11,14,17,22-26H2,(H,35,36)(H,37,38);1-2H3. The van der Waals surface area contributed by atoms with Gasteiger partial charge in [0, 0.05) is 19.5 Å². The molecule has 41 heavy (non-hydrogen) atoms. The lowest BCUT2D eigenvalue weighted by atomic mass is 10.1. The van der Waals surface area contributed by atoms with Crippen molar-refractivity contribution < 1.29 is 24.5 Å². The number of carbonyl (C=O) groups is 2. The first-order valence-electron chi connectivity index (χ1n) is 15.0. The van der Waals surface area contributed by atoms with Gasteiger partial charge >= 0.3 is 11.9 Å². The van der Waals surface area contributed by atoms with E-state index in [9.17, 15) is 14.7 Å². The monoisotopic (exact) mass is 561 g/mol. The van der Waals surface area contributed by atoms with E-state index in [0.29, 0.717) is 19.6 Å². The molecule has 0 atom stereocenters. The summed E-state index contributed by atoms with van der Waals surface area (Å²) in [6.45, 7) is 7.10. The summed E-state index contributed by atoms with van der Waals surface area (Å²) >= 11 is 0. The van der Waals surface area contributed by atoms with Gasteiger partial charge in [-0.1, -0.05) is 80.9 Å². The fraction of sp³-hybridized carbons (Fsp3) is 0.429. The van der Waals surface area contributed by atoms with Crippen LogP contribution in [-0.2, 0) is 24.2 Å². The Morgan fingerprint density at radius 1 is 0.683 bits per heavy atom. The molecule has 0 aliphatic carbocycles. The van der Waals surface area contributed by atoms with Crippen LogP contribution in [0.3, 0.4) is 0 Å². The minimum absolute atomic E-state index is 0.202. The summed E-state index contributed by atoms with van der Waals surface area (Å²) in [6.07, 6.45) is 7.92. The largest absolute Gasteiger partial charge is 0.493 e. The number of aryl methyl sites for hydroxylation is 1. The van der Waals surface area contributed by atoms with Gasteiger partial charge in [-0.15, -0.1) is 0 Å². The van der Waals surface area contributed by atoms with E-state index in [4.69, 9.17) is 9.84 Å². The maximum absolute atomic E-state index is 11.2. The third-order valence-corrected chi connectivity index (χ3v) is 6.85. The Kier molecular flexibility index (Phi) is 16.6. The lowest BCUT2D eigenvalue weighted by Gasteiger charge is -2.23. The van der Waals surface area contributed by atoms with E-state index < -0.39 is 11.9 Å². The fourth-order valence-electron chi connectivity index (χ4n) is 4.63. The second-order valence-electron chi connectivity index (χ2n) is 9.99. The van der Waals surface area contributed by atoms with Gasteiger partial charge in [-0.2, -0.15) is 0 Å². The number of aliphatic carboxylic acids is 1. The van der Waals surface area contributed by atoms with Crippen LogP contribution in [0, 0.1) is 0 Å². The second-order valence-corrected chi connectivity index (χ2v) is 9.99. The highest BCUT2D eigenvalue weighted by molar-refractivity contribution is 5.87. The number of carboxylic acids is 2. The van der Waals surface area contributed by atoms with E-state index in [-0.39, 0.29) is 12.0 Å². The van der Waals surface area contributed by atoms with E-state index >= 15 is 0 Å². The van der Waals surface area contributed by atoms with Gasteiger partial charge in [-0.05, 0) is 86.4 Å². The molecule has 3 aromatic carbocycles. The Hall–Kier alpha value is -3.64. The molecular weight excluding hydrogens is 514 g/mol. The van der Waals surface area contributed by atoms with Gasteiger partial charge in [-0.25, -0.2) is 4.79 Å². The predicted octanol–water partition coefficient (Wildman–Crippen LogP) is 7.89. The molecule has 0 unspecified atom stereocenters. The number of carboxylic acid groups (broad SMARTS) is 2. The van der Waals surface area contributed by atoms with Gasteiger partial charge in [-0.3, -0.25) is 9.69 Å². The molecule has 3 aromatic rings. The van der Waals surface area contributed by atoms with Crippen LogP contribution in [-0.4, -0.2) is 46.7 Å². The van der Waals surface area contributed by atoms with E-state index in [1.54, 1.807) is 12.1 Å². The maximum atomic E-state index is 11.2. The number of para-hydroxylation sites is 1. The second kappa shape index (κ2) is 20.3. The maximum Gasteiger partial charge on any atom is 0.335 e. The highest BCUT2D eigenvalue weighted by Crippen LogP contribution is 2.20. The number of hydrogen-bond donors (Lipinski definition) is 2. The van der Waals surface area contributed by atoms with E-state index in [1.807, 2.05) is 44.2 Å². The van der Waals surface area contributed by atoms with Crippen molar-refractivity contribution in [1.82, 2.24) is 4.90 Å². The average Bonchev–Trinajstić information content (AvgIpc) is 2.99. The molecule has 0 radical (unpaired) electrons. The van der Waals surface area contributed by atoms with Crippen LogP contribution in [0.2, 0.25) is 0 Å². The molecule has 2 N–H and O–H groups in total. The first-order valence-corrected chi connectivity index (χ1v) is 15.0. The number of ether oxygens (including phenoxy) is 1. The summed E-state index contributed by atoms with van der Waals surface area (Å²) in [6, 6.07) is 25.8. The lowest BCUT2D eigenvalue weighted by molar-refractivity contribution is -0.137. The quantitative estimate of drug-likeness (QED) is 0.145. The first kappa shape index (κ1) is 33.6. The third-order valence-electron chi connectivity index (χ3n) is 6.85. The number of benzene rings is 3. The Bertz CT molecular complexity index is 1130. The number of rotatable bonds is 19. The molecular formula is C35H47NO5. The number of aromatic carboxylic acids is 1. The number of unbranched alkanes of at least 4 members (excludes halogenated alkanes) is 4. The van der Waals surface area contributed by atoms with Gasteiger partial charge in [0.1, 0.15) is 5.75 Å². The van der Waals surface area contributed by atoms with E-state index in [1.165, 1.54) is 11.1 Å².